The fourth-order valence-corrected chi connectivity index (χ4v) is 3.77. The van der Waals surface area contributed by atoms with Crippen LogP contribution in [0.5, 0.6) is 0 Å². The molecule has 0 radical (unpaired) electrons. The first-order valence-electron chi connectivity index (χ1n) is 5.35. The molecule has 0 fully saturated rings. The number of benzene rings is 2. The first kappa shape index (κ1) is 15.2. The highest BCUT2D eigenvalue weighted by Gasteiger charge is 2.19. The number of hydrogen-bond acceptors (Lipinski definition) is 4. The van der Waals surface area contributed by atoms with E-state index in [1.807, 2.05) is 0 Å². The van der Waals surface area contributed by atoms with Gasteiger partial charge in [0.15, 0.2) is 0 Å². The topological polar surface area (TPSA) is 94.3 Å². The lowest BCUT2D eigenvalue weighted by Gasteiger charge is -2.06. The Morgan fingerprint density at radius 2 is 1.35 bits per heavy atom. The van der Waals surface area contributed by atoms with E-state index in [0.717, 1.165) is 10.5 Å². The van der Waals surface area contributed by atoms with Gasteiger partial charge < -0.3 is 0 Å². The molecule has 0 spiro atoms. The van der Waals surface area contributed by atoms with Crippen molar-refractivity contribution in [3.63, 3.8) is 0 Å². The summed E-state index contributed by atoms with van der Waals surface area (Å²) >= 11 is 3.22. The minimum Gasteiger partial charge on any atom is -0.225 e. The van der Waals surface area contributed by atoms with Crippen LogP contribution in [-0.4, -0.2) is 16.8 Å². The van der Waals surface area contributed by atoms with E-state index in [0.29, 0.717) is 0 Å². The van der Waals surface area contributed by atoms with Crippen LogP contribution < -0.4 is 5.14 Å². The van der Waals surface area contributed by atoms with Crippen LogP contribution in [0.2, 0.25) is 0 Å². The molecular weight excluding hydrogens is 366 g/mol. The lowest BCUT2D eigenvalue weighted by molar-refractivity contribution is 0.595. The molecule has 0 aliphatic heterocycles. The van der Waals surface area contributed by atoms with Crippen LogP contribution in [0.15, 0.2) is 67.7 Å². The third kappa shape index (κ3) is 3.09. The summed E-state index contributed by atoms with van der Waals surface area (Å²) < 4.78 is 48.0. The number of hydrogen-bond donors (Lipinski definition) is 1. The van der Waals surface area contributed by atoms with Gasteiger partial charge in [0.2, 0.25) is 19.9 Å². The Balaban J connectivity index is 2.58. The van der Waals surface area contributed by atoms with Crippen molar-refractivity contribution in [3.8, 4) is 0 Å². The Hall–Kier alpha value is -1.22. The van der Waals surface area contributed by atoms with Gasteiger partial charge in [0, 0.05) is 4.47 Å². The SMILES string of the molecule is NS(=O)(=O)c1cccc(S(=O)(=O)c2ccc(Br)cc2)c1. The van der Waals surface area contributed by atoms with Gasteiger partial charge in [0.25, 0.3) is 0 Å². The maximum Gasteiger partial charge on any atom is 0.238 e. The molecule has 2 rings (SSSR count). The molecule has 8 heteroatoms. The number of halogens is 1. The van der Waals surface area contributed by atoms with Gasteiger partial charge in [-0.15, -0.1) is 0 Å². The highest BCUT2D eigenvalue weighted by molar-refractivity contribution is 9.10. The molecule has 0 bridgehead atoms. The molecular formula is C12H10BrNO4S2. The van der Waals surface area contributed by atoms with Crippen LogP contribution >= 0.6 is 15.9 Å². The highest BCUT2D eigenvalue weighted by Crippen LogP contribution is 2.24. The molecule has 0 aliphatic carbocycles. The Bertz CT molecular complexity index is 843. The van der Waals surface area contributed by atoms with E-state index in [2.05, 4.69) is 15.9 Å². The summed E-state index contributed by atoms with van der Waals surface area (Å²) in [4.78, 5) is -0.283. The number of sulfonamides is 1. The van der Waals surface area contributed by atoms with Crippen LogP contribution in [0.25, 0.3) is 0 Å². The Labute approximate surface area is 125 Å². The second-order valence-electron chi connectivity index (χ2n) is 3.98. The zero-order valence-electron chi connectivity index (χ0n) is 10.0. The van der Waals surface area contributed by atoms with Gasteiger partial charge in [-0.1, -0.05) is 22.0 Å². The molecule has 2 aromatic rings. The molecule has 0 aliphatic rings. The average Bonchev–Trinajstić information content (AvgIpc) is 2.38. The van der Waals surface area contributed by atoms with E-state index in [9.17, 15) is 16.8 Å². The predicted octanol–water partition coefficient (Wildman–Crippen LogP) is 1.93. The summed E-state index contributed by atoms with van der Waals surface area (Å²) in [6.45, 7) is 0. The number of primary sulfonamides is 1. The van der Waals surface area contributed by atoms with Crippen molar-refractivity contribution in [2.75, 3.05) is 0 Å². The monoisotopic (exact) mass is 375 g/mol. The zero-order chi connectivity index (χ0) is 15.0. The van der Waals surface area contributed by atoms with E-state index >= 15 is 0 Å². The number of nitrogens with two attached hydrogens (primary N) is 1. The summed E-state index contributed by atoms with van der Waals surface area (Å²) in [5.74, 6) is 0. The molecule has 0 saturated carbocycles. The third-order valence-corrected chi connectivity index (χ3v) is 5.78. The fourth-order valence-electron chi connectivity index (χ4n) is 1.57. The van der Waals surface area contributed by atoms with Gasteiger partial charge in [0.05, 0.1) is 14.7 Å². The first-order valence-corrected chi connectivity index (χ1v) is 9.17. The van der Waals surface area contributed by atoms with Gasteiger partial charge in [-0.25, -0.2) is 22.0 Å². The lowest BCUT2D eigenvalue weighted by Crippen LogP contribution is -2.13. The van der Waals surface area contributed by atoms with Gasteiger partial charge in [-0.2, -0.15) is 0 Å². The van der Waals surface area contributed by atoms with E-state index in [1.54, 1.807) is 12.1 Å². The van der Waals surface area contributed by atoms with Crippen molar-refractivity contribution in [2.24, 2.45) is 5.14 Å². The third-order valence-electron chi connectivity index (χ3n) is 2.57. The standard InChI is InChI=1S/C12H10BrNO4S2/c13-9-4-6-10(7-5-9)19(15,16)11-2-1-3-12(8-11)20(14,17)18/h1-8H,(H2,14,17,18). The summed E-state index contributed by atoms with van der Waals surface area (Å²) in [6.07, 6.45) is 0. The lowest BCUT2D eigenvalue weighted by atomic mass is 10.4. The molecule has 0 saturated heterocycles. The molecule has 0 heterocycles. The molecule has 0 amide bonds. The van der Waals surface area contributed by atoms with Crippen LogP contribution in [0.3, 0.4) is 0 Å². The Morgan fingerprint density at radius 1 is 0.800 bits per heavy atom. The minimum absolute atomic E-state index is 0.0762. The largest absolute Gasteiger partial charge is 0.238 e. The first-order chi connectivity index (χ1) is 9.21. The molecule has 0 aromatic heterocycles. The minimum atomic E-state index is -3.95. The second-order valence-corrected chi connectivity index (χ2v) is 8.40. The number of rotatable bonds is 3. The summed E-state index contributed by atoms with van der Waals surface area (Å²) in [5.41, 5.74) is 0. The molecule has 0 atom stereocenters. The van der Waals surface area contributed by atoms with Gasteiger partial charge in [-0.3, -0.25) is 0 Å². The van der Waals surface area contributed by atoms with Crippen molar-refractivity contribution in [1.29, 1.82) is 0 Å². The maximum absolute atomic E-state index is 12.4. The van der Waals surface area contributed by atoms with Gasteiger partial charge in [0.1, 0.15) is 0 Å². The molecule has 2 N–H and O–H groups in total. The van der Waals surface area contributed by atoms with Crippen LogP contribution in [0.1, 0.15) is 0 Å². The summed E-state index contributed by atoms with van der Waals surface area (Å²) in [6, 6.07) is 11.0. The van der Waals surface area contributed by atoms with Gasteiger partial charge in [-0.05, 0) is 42.5 Å². The van der Waals surface area contributed by atoms with Crippen molar-refractivity contribution < 1.29 is 16.8 Å². The van der Waals surface area contributed by atoms with E-state index in [4.69, 9.17) is 5.14 Å². The predicted molar refractivity (Wildman–Crippen MR) is 77.4 cm³/mol. The van der Waals surface area contributed by atoms with E-state index in [1.165, 1.54) is 30.3 Å². The molecule has 106 valence electrons. The summed E-state index contributed by atoms with van der Waals surface area (Å²) in [7, 11) is -7.73. The Morgan fingerprint density at radius 3 is 1.90 bits per heavy atom. The molecule has 0 unspecified atom stereocenters. The highest BCUT2D eigenvalue weighted by atomic mass is 79.9. The van der Waals surface area contributed by atoms with E-state index < -0.39 is 19.9 Å². The van der Waals surface area contributed by atoms with Crippen molar-refractivity contribution >= 4 is 35.8 Å². The van der Waals surface area contributed by atoms with Crippen LogP contribution in [0, 0.1) is 0 Å². The zero-order valence-corrected chi connectivity index (χ0v) is 13.2. The number of sulfone groups is 1. The summed E-state index contributed by atoms with van der Waals surface area (Å²) in [5, 5.41) is 5.00. The average molecular weight is 376 g/mol. The quantitative estimate of drug-likeness (QED) is 0.886. The van der Waals surface area contributed by atoms with Crippen molar-refractivity contribution in [1.82, 2.24) is 0 Å². The van der Waals surface area contributed by atoms with Crippen LogP contribution in [0.4, 0.5) is 0 Å². The second kappa shape index (κ2) is 5.28. The smallest absolute Gasteiger partial charge is 0.225 e. The van der Waals surface area contributed by atoms with Gasteiger partial charge >= 0.3 is 0 Å². The fraction of sp³-hybridized carbons (Fsp3) is 0. The molecule has 2 aromatic carbocycles. The molecule has 20 heavy (non-hydrogen) atoms. The maximum atomic E-state index is 12.4. The Kier molecular flexibility index (Phi) is 4.01. The van der Waals surface area contributed by atoms with Crippen molar-refractivity contribution in [3.05, 3.63) is 53.0 Å². The normalized spacial score (nSPS) is 12.3. The molecule has 5 nitrogen and oxygen atoms in total. The van der Waals surface area contributed by atoms with Crippen molar-refractivity contribution in [2.45, 2.75) is 14.7 Å². The van der Waals surface area contributed by atoms with E-state index in [-0.39, 0.29) is 14.7 Å². The van der Waals surface area contributed by atoms with Crippen LogP contribution in [-0.2, 0) is 19.9 Å².